The molecule has 0 amide bonds. The van der Waals surface area contributed by atoms with Crippen molar-refractivity contribution in [2.75, 3.05) is 48.0 Å². The summed E-state index contributed by atoms with van der Waals surface area (Å²) in [7, 11) is 3.94. The second-order valence-corrected chi connectivity index (χ2v) is 9.06. The zero-order valence-corrected chi connectivity index (χ0v) is 18.2. The van der Waals surface area contributed by atoms with Crippen LogP contribution in [0.5, 0.6) is 0 Å². The third-order valence-electron chi connectivity index (χ3n) is 6.01. The Balaban J connectivity index is 1.43. The first-order chi connectivity index (χ1) is 14.7. The smallest absolute Gasteiger partial charge is 0.153 e. The molecule has 1 aromatic heterocycles. The minimum absolute atomic E-state index is 0.0523. The van der Waals surface area contributed by atoms with Crippen LogP contribution in [0.4, 0.5) is 22.9 Å². The van der Waals surface area contributed by atoms with Gasteiger partial charge in [0.2, 0.25) is 0 Å². The number of likely N-dealkylation sites (tertiary alicyclic amines) is 1. The first kappa shape index (κ1) is 19.5. The fourth-order valence-electron chi connectivity index (χ4n) is 4.42. The largest absolute Gasteiger partial charge is 0.374 e. The van der Waals surface area contributed by atoms with E-state index < -0.39 is 6.23 Å². The molecule has 4 N–H and O–H groups in total. The van der Waals surface area contributed by atoms with Crippen molar-refractivity contribution in [3.05, 3.63) is 47.8 Å². The number of nitrogens with one attached hydrogen (secondary N) is 3. The van der Waals surface area contributed by atoms with Gasteiger partial charge >= 0.3 is 0 Å². The van der Waals surface area contributed by atoms with Gasteiger partial charge in [0.1, 0.15) is 22.3 Å². The van der Waals surface area contributed by atoms with Crippen LogP contribution in [0.15, 0.2) is 41.7 Å². The maximum Gasteiger partial charge on any atom is 0.153 e. The van der Waals surface area contributed by atoms with E-state index in [1.165, 1.54) is 6.42 Å². The number of nitrogens with zero attached hydrogens (tertiary/aromatic N) is 3. The average Bonchev–Trinajstić information content (AvgIpc) is 3.23. The molecule has 0 bridgehead atoms. The van der Waals surface area contributed by atoms with Crippen LogP contribution in [0.2, 0.25) is 0 Å². The standard InChI is InChI=1S/C22H28N6OS/c1-23-19-16-18(27(2)12-9-24-16)17-21(26-19)30-20(25-17)14-7-6-8-15(13-14)22(29)28-10-4-3-5-11-28/h6-9,12-13,20,22,24-25,29H,3-5,10-11H2,1-2H3,(H,23,26). The van der Waals surface area contributed by atoms with Crippen LogP contribution >= 0.6 is 11.8 Å². The van der Waals surface area contributed by atoms with Crippen molar-refractivity contribution < 1.29 is 5.11 Å². The summed E-state index contributed by atoms with van der Waals surface area (Å²) >= 11 is 1.71. The van der Waals surface area contributed by atoms with E-state index in [1.807, 2.05) is 38.6 Å². The van der Waals surface area contributed by atoms with E-state index in [9.17, 15) is 5.11 Å². The molecule has 2 unspecified atom stereocenters. The summed E-state index contributed by atoms with van der Waals surface area (Å²) in [5, 5.41) is 22.1. The van der Waals surface area contributed by atoms with Gasteiger partial charge in [-0.1, -0.05) is 36.4 Å². The van der Waals surface area contributed by atoms with E-state index in [4.69, 9.17) is 4.98 Å². The molecule has 2 atom stereocenters. The maximum absolute atomic E-state index is 10.9. The molecule has 1 fully saturated rings. The fourth-order valence-corrected chi connectivity index (χ4v) is 5.52. The molecule has 0 saturated carbocycles. The van der Waals surface area contributed by atoms with E-state index >= 15 is 0 Å². The van der Waals surface area contributed by atoms with E-state index in [1.54, 1.807) is 11.8 Å². The minimum Gasteiger partial charge on any atom is -0.374 e. The van der Waals surface area contributed by atoms with Crippen molar-refractivity contribution in [1.29, 1.82) is 0 Å². The van der Waals surface area contributed by atoms with Crippen molar-refractivity contribution in [3.63, 3.8) is 0 Å². The number of aliphatic hydroxyl groups excluding tert-OH is 1. The van der Waals surface area contributed by atoms with Gasteiger partial charge in [-0.05, 0) is 30.0 Å². The summed E-state index contributed by atoms with van der Waals surface area (Å²) < 4.78 is 0. The summed E-state index contributed by atoms with van der Waals surface area (Å²) in [6.45, 7) is 1.92. The molecule has 3 aliphatic rings. The summed E-state index contributed by atoms with van der Waals surface area (Å²) in [6, 6.07) is 8.32. The van der Waals surface area contributed by atoms with Crippen molar-refractivity contribution in [1.82, 2.24) is 9.88 Å². The molecule has 0 aliphatic carbocycles. The normalized spacial score (nSPS) is 21.4. The first-order valence-electron chi connectivity index (χ1n) is 10.5. The van der Waals surface area contributed by atoms with E-state index in [2.05, 4.69) is 37.9 Å². The molecule has 0 radical (unpaired) electrons. The second kappa shape index (κ2) is 8.02. The number of fused-ring (bicyclic) bond motifs is 3. The summed E-state index contributed by atoms with van der Waals surface area (Å²) in [6.07, 6.45) is 6.97. The number of thioether (sulfide) groups is 1. The molecule has 2 aromatic rings. The number of hydrogen-bond donors (Lipinski definition) is 4. The number of hydrogen-bond acceptors (Lipinski definition) is 8. The SMILES string of the molecule is CNc1nc2c(c3c1NC=CN3C)NC(c1cccc(C(O)N3CCCCC3)c1)S2. The average molecular weight is 425 g/mol. The quantitative estimate of drug-likeness (QED) is 0.583. The lowest BCUT2D eigenvalue weighted by molar-refractivity contribution is -0.00987. The molecule has 158 valence electrons. The van der Waals surface area contributed by atoms with Crippen molar-refractivity contribution >= 4 is 34.6 Å². The summed E-state index contributed by atoms with van der Waals surface area (Å²) in [5.41, 5.74) is 5.21. The zero-order valence-electron chi connectivity index (χ0n) is 17.4. The third kappa shape index (κ3) is 3.38. The fraction of sp³-hybridized carbons (Fsp3) is 0.409. The van der Waals surface area contributed by atoms with Gasteiger partial charge in [-0.15, -0.1) is 0 Å². The number of rotatable bonds is 4. The highest BCUT2D eigenvalue weighted by molar-refractivity contribution is 8.00. The summed E-state index contributed by atoms with van der Waals surface area (Å²) in [5.74, 6) is 0.837. The van der Waals surface area contributed by atoms with Crippen LogP contribution in [0, 0.1) is 0 Å². The highest BCUT2D eigenvalue weighted by atomic mass is 32.2. The number of piperidine rings is 1. The first-order valence-corrected chi connectivity index (χ1v) is 11.4. The molecule has 5 rings (SSSR count). The predicted molar refractivity (Wildman–Crippen MR) is 124 cm³/mol. The van der Waals surface area contributed by atoms with Gasteiger partial charge in [0.15, 0.2) is 5.82 Å². The Labute approximate surface area is 181 Å². The monoisotopic (exact) mass is 424 g/mol. The Morgan fingerprint density at radius 2 is 2.07 bits per heavy atom. The van der Waals surface area contributed by atoms with Crippen LogP contribution in [0.1, 0.15) is 42.0 Å². The molecule has 30 heavy (non-hydrogen) atoms. The molecule has 1 saturated heterocycles. The highest BCUT2D eigenvalue weighted by Crippen LogP contribution is 2.54. The molecule has 3 aliphatic heterocycles. The number of benzene rings is 1. The Morgan fingerprint density at radius 3 is 2.87 bits per heavy atom. The van der Waals surface area contributed by atoms with Gasteiger partial charge in [-0.25, -0.2) is 4.98 Å². The molecular weight excluding hydrogens is 396 g/mol. The predicted octanol–water partition coefficient (Wildman–Crippen LogP) is 4.15. The lowest BCUT2D eigenvalue weighted by atomic mass is 10.1. The van der Waals surface area contributed by atoms with Gasteiger partial charge in [0, 0.05) is 39.6 Å². The van der Waals surface area contributed by atoms with Crippen molar-refractivity contribution in [3.8, 4) is 0 Å². The molecule has 1 aromatic carbocycles. The van der Waals surface area contributed by atoms with E-state index in [0.717, 1.165) is 65.0 Å². The van der Waals surface area contributed by atoms with E-state index in [-0.39, 0.29) is 5.37 Å². The van der Waals surface area contributed by atoms with Crippen LogP contribution in [0.3, 0.4) is 0 Å². The number of aliphatic hydroxyl groups is 1. The summed E-state index contributed by atoms with van der Waals surface area (Å²) in [4.78, 5) is 9.12. The molecular formula is C22H28N6OS. The number of aromatic nitrogens is 1. The molecule has 8 heteroatoms. The Bertz CT molecular complexity index is 974. The van der Waals surface area contributed by atoms with Crippen molar-refractivity contribution in [2.45, 2.75) is 35.9 Å². The lowest BCUT2D eigenvalue weighted by Gasteiger charge is -2.31. The van der Waals surface area contributed by atoms with Gasteiger partial charge in [-0.3, -0.25) is 4.90 Å². The van der Waals surface area contributed by atoms with Crippen LogP contribution in [-0.4, -0.2) is 42.2 Å². The molecule has 0 spiro atoms. The number of pyridine rings is 1. The molecule has 7 nitrogen and oxygen atoms in total. The Kier molecular flexibility index (Phi) is 5.22. The second-order valence-electron chi connectivity index (χ2n) is 7.97. The van der Waals surface area contributed by atoms with E-state index in [0.29, 0.717) is 0 Å². The number of anilines is 4. The Hall–Kier alpha value is -2.42. The topological polar surface area (TPSA) is 75.7 Å². The molecule has 4 heterocycles. The highest BCUT2D eigenvalue weighted by Gasteiger charge is 2.32. The van der Waals surface area contributed by atoms with Gasteiger partial charge < -0.3 is 26.0 Å². The van der Waals surface area contributed by atoms with Crippen LogP contribution in [0.25, 0.3) is 0 Å². The lowest BCUT2D eigenvalue weighted by Crippen LogP contribution is -2.33. The third-order valence-corrected chi connectivity index (χ3v) is 7.15. The Morgan fingerprint density at radius 1 is 1.23 bits per heavy atom. The minimum atomic E-state index is -0.540. The van der Waals surface area contributed by atoms with Crippen LogP contribution < -0.4 is 20.9 Å². The maximum atomic E-state index is 10.9. The van der Waals surface area contributed by atoms with Crippen LogP contribution in [-0.2, 0) is 0 Å². The van der Waals surface area contributed by atoms with Gasteiger partial charge in [0.05, 0.1) is 11.4 Å². The van der Waals surface area contributed by atoms with Gasteiger partial charge in [0.25, 0.3) is 0 Å². The van der Waals surface area contributed by atoms with Crippen molar-refractivity contribution in [2.24, 2.45) is 0 Å². The van der Waals surface area contributed by atoms with Gasteiger partial charge in [-0.2, -0.15) is 0 Å². The zero-order chi connectivity index (χ0) is 20.7.